The van der Waals surface area contributed by atoms with Gasteiger partial charge in [0.2, 0.25) is 0 Å². The second-order valence-corrected chi connectivity index (χ2v) is 8.48. The average molecular weight is 489 g/mol. The van der Waals surface area contributed by atoms with Gasteiger partial charge in [-0.3, -0.25) is 9.59 Å². The number of rotatable bonds is 9. The summed E-state index contributed by atoms with van der Waals surface area (Å²) in [6, 6.07) is 13.9. The first kappa shape index (κ1) is 26.0. The summed E-state index contributed by atoms with van der Waals surface area (Å²) in [6.45, 7) is 4.06. The average Bonchev–Trinajstić information content (AvgIpc) is 2.80. The Hall–Kier alpha value is -3.59. The number of benzene rings is 3. The minimum Gasteiger partial charge on any atom is -0.463 e. The molecule has 0 aliphatic heterocycles. The number of amides is 1. The number of nitrogens with two attached hydrogens (primary N) is 1. The molecule has 1 atom stereocenters. The number of fused-ring (bicyclic) bond motifs is 1. The van der Waals surface area contributed by atoms with Crippen molar-refractivity contribution in [1.82, 2.24) is 5.32 Å². The zero-order chi connectivity index (χ0) is 25.6. The van der Waals surface area contributed by atoms with Gasteiger partial charge in [-0.1, -0.05) is 26.0 Å². The molecule has 0 aliphatic carbocycles. The standard InChI is InChI=1S/C26H27F3N2O4/c1-16(2)14-22(30)25(33)34-13-12-31-24(32)18-6-11-21-17(15-18)4-3-5-23(21)35-20-9-7-19(8-10-20)26(27,28)29/h3-11,15-16,22H,12-14,30H2,1-2H3,(H,31,32). The molecule has 0 saturated carbocycles. The van der Waals surface area contributed by atoms with Crippen LogP contribution in [-0.4, -0.2) is 31.1 Å². The van der Waals surface area contributed by atoms with Crippen LogP contribution in [0.1, 0.15) is 36.2 Å². The van der Waals surface area contributed by atoms with Crippen molar-refractivity contribution in [3.8, 4) is 11.5 Å². The normalized spacial score (nSPS) is 12.4. The highest BCUT2D eigenvalue weighted by atomic mass is 19.4. The molecule has 0 aromatic heterocycles. The first-order chi connectivity index (χ1) is 16.5. The van der Waals surface area contributed by atoms with Gasteiger partial charge in [-0.15, -0.1) is 0 Å². The molecule has 1 amide bonds. The fourth-order valence-electron chi connectivity index (χ4n) is 3.45. The number of hydrogen-bond acceptors (Lipinski definition) is 5. The third kappa shape index (κ3) is 7.19. The molecular formula is C26H27F3N2O4. The molecule has 0 spiro atoms. The van der Waals surface area contributed by atoms with Crippen LogP contribution in [0.5, 0.6) is 11.5 Å². The predicted octanol–water partition coefficient (Wildman–Crippen LogP) is 5.30. The van der Waals surface area contributed by atoms with Gasteiger partial charge in [0.15, 0.2) is 0 Å². The highest BCUT2D eigenvalue weighted by Crippen LogP contribution is 2.33. The summed E-state index contributed by atoms with van der Waals surface area (Å²) >= 11 is 0. The highest BCUT2D eigenvalue weighted by Gasteiger charge is 2.30. The zero-order valence-corrected chi connectivity index (χ0v) is 19.4. The summed E-state index contributed by atoms with van der Waals surface area (Å²) in [6.07, 6.45) is -3.90. The Bertz CT molecular complexity index is 1180. The largest absolute Gasteiger partial charge is 0.463 e. The van der Waals surface area contributed by atoms with E-state index in [9.17, 15) is 22.8 Å². The monoisotopic (exact) mass is 488 g/mol. The molecule has 0 fully saturated rings. The molecule has 1 unspecified atom stereocenters. The number of nitrogens with one attached hydrogen (secondary N) is 1. The first-order valence-electron chi connectivity index (χ1n) is 11.1. The smallest absolute Gasteiger partial charge is 0.416 e. The summed E-state index contributed by atoms with van der Waals surface area (Å²) in [4.78, 5) is 24.3. The Morgan fingerprint density at radius 3 is 2.40 bits per heavy atom. The van der Waals surface area contributed by atoms with Crippen molar-refractivity contribution in [3.63, 3.8) is 0 Å². The summed E-state index contributed by atoms with van der Waals surface area (Å²) in [5.41, 5.74) is 5.41. The number of esters is 1. The minimum atomic E-state index is -4.42. The minimum absolute atomic E-state index is 0.00899. The summed E-state index contributed by atoms with van der Waals surface area (Å²) in [5.74, 6) is 0.127. The van der Waals surface area contributed by atoms with Gasteiger partial charge in [0, 0.05) is 10.9 Å². The van der Waals surface area contributed by atoms with E-state index in [2.05, 4.69) is 5.32 Å². The molecule has 6 nitrogen and oxygen atoms in total. The van der Waals surface area contributed by atoms with Gasteiger partial charge in [-0.25, -0.2) is 0 Å². The SMILES string of the molecule is CC(C)CC(N)C(=O)OCCNC(=O)c1ccc2c(Oc3ccc(C(F)(F)F)cc3)cccc2c1. The Balaban J connectivity index is 1.61. The van der Waals surface area contributed by atoms with Crippen LogP contribution in [0.4, 0.5) is 13.2 Å². The summed E-state index contributed by atoms with van der Waals surface area (Å²) in [5, 5.41) is 4.10. The number of ether oxygens (including phenoxy) is 2. The van der Waals surface area contributed by atoms with E-state index in [0.29, 0.717) is 28.5 Å². The van der Waals surface area contributed by atoms with Gasteiger partial charge >= 0.3 is 12.1 Å². The maximum atomic E-state index is 12.8. The fourth-order valence-corrected chi connectivity index (χ4v) is 3.45. The summed E-state index contributed by atoms with van der Waals surface area (Å²) < 4.78 is 49.2. The molecule has 3 aromatic carbocycles. The van der Waals surface area contributed by atoms with Crippen LogP contribution in [0.2, 0.25) is 0 Å². The third-order valence-electron chi connectivity index (χ3n) is 5.17. The molecule has 0 aliphatic rings. The van der Waals surface area contributed by atoms with E-state index in [1.54, 1.807) is 36.4 Å². The second kappa shape index (κ2) is 11.2. The van der Waals surface area contributed by atoms with Crippen LogP contribution in [-0.2, 0) is 15.7 Å². The van der Waals surface area contributed by atoms with Crippen LogP contribution < -0.4 is 15.8 Å². The van der Waals surface area contributed by atoms with Gasteiger partial charge < -0.3 is 20.5 Å². The molecule has 0 bridgehead atoms. The molecule has 3 rings (SSSR count). The van der Waals surface area contributed by atoms with E-state index in [1.165, 1.54) is 12.1 Å². The fraction of sp³-hybridized carbons (Fsp3) is 0.308. The Labute approximate surface area is 201 Å². The van der Waals surface area contributed by atoms with Crippen molar-refractivity contribution >= 4 is 22.6 Å². The van der Waals surface area contributed by atoms with Gasteiger partial charge in [-0.2, -0.15) is 13.2 Å². The lowest BCUT2D eigenvalue weighted by Crippen LogP contribution is -2.35. The Morgan fingerprint density at radius 1 is 1.03 bits per heavy atom. The van der Waals surface area contributed by atoms with Gasteiger partial charge in [0.1, 0.15) is 24.1 Å². The van der Waals surface area contributed by atoms with Crippen molar-refractivity contribution in [2.75, 3.05) is 13.2 Å². The van der Waals surface area contributed by atoms with E-state index >= 15 is 0 Å². The number of halogens is 3. The molecule has 0 heterocycles. The van der Waals surface area contributed by atoms with Crippen molar-refractivity contribution in [2.24, 2.45) is 11.7 Å². The number of alkyl halides is 3. The molecule has 3 aromatic rings. The van der Waals surface area contributed by atoms with Crippen LogP contribution in [0.25, 0.3) is 10.8 Å². The van der Waals surface area contributed by atoms with Crippen LogP contribution in [0, 0.1) is 5.92 Å². The Morgan fingerprint density at radius 2 is 1.74 bits per heavy atom. The van der Waals surface area contributed by atoms with E-state index in [0.717, 1.165) is 12.1 Å². The quantitative estimate of drug-likeness (QED) is 0.315. The van der Waals surface area contributed by atoms with Crippen molar-refractivity contribution in [2.45, 2.75) is 32.5 Å². The van der Waals surface area contributed by atoms with E-state index in [1.807, 2.05) is 13.8 Å². The number of carbonyl (C=O) groups is 2. The van der Waals surface area contributed by atoms with Crippen LogP contribution in [0.15, 0.2) is 60.7 Å². The van der Waals surface area contributed by atoms with Crippen molar-refractivity contribution < 1.29 is 32.2 Å². The molecule has 35 heavy (non-hydrogen) atoms. The second-order valence-electron chi connectivity index (χ2n) is 8.48. The van der Waals surface area contributed by atoms with Crippen molar-refractivity contribution in [1.29, 1.82) is 0 Å². The lowest BCUT2D eigenvalue weighted by atomic mass is 10.1. The van der Waals surface area contributed by atoms with Crippen molar-refractivity contribution in [3.05, 3.63) is 71.8 Å². The number of carbonyl (C=O) groups excluding carboxylic acids is 2. The van der Waals surface area contributed by atoms with Crippen LogP contribution in [0.3, 0.4) is 0 Å². The molecule has 0 saturated heterocycles. The van der Waals surface area contributed by atoms with Gasteiger partial charge in [0.05, 0.1) is 12.1 Å². The van der Waals surface area contributed by atoms with E-state index in [4.69, 9.17) is 15.2 Å². The van der Waals surface area contributed by atoms with Crippen LogP contribution >= 0.6 is 0 Å². The predicted molar refractivity (Wildman–Crippen MR) is 126 cm³/mol. The third-order valence-corrected chi connectivity index (χ3v) is 5.17. The lowest BCUT2D eigenvalue weighted by Gasteiger charge is -2.14. The first-order valence-corrected chi connectivity index (χ1v) is 11.1. The topological polar surface area (TPSA) is 90.7 Å². The van der Waals surface area contributed by atoms with E-state index in [-0.39, 0.29) is 30.7 Å². The Kier molecular flexibility index (Phi) is 8.34. The van der Waals surface area contributed by atoms with Gasteiger partial charge in [0.25, 0.3) is 5.91 Å². The molecule has 9 heteroatoms. The molecular weight excluding hydrogens is 461 g/mol. The zero-order valence-electron chi connectivity index (χ0n) is 19.4. The van der Waals surface area contributed by atoms with E-state index < -0.39 is 23.8 Å². The molecule has 3 N–H and O–H groups in total. The maximum absolute atomic E-state index is 12.8. The molecule has 0 radical (unpaired) electrons. The van der Waals surface area contributed by atoms with Gasteiger partial charge in [-0.05, 0) is 66.3 Å². The highest BCUT2D eigenvalue weighted by molar-refractivity contribution is 6.00. The molecule has 186 valence electrons. The number of hydrogen-bond donors (Lipinski definition) is 2. The summed E-state index contributed by atoms with van der Waals surface area (Å²) in [7, 11) is 0. The lowest BCUT2D eigenvalue weighted by molar-refractivity contribution is -0.145. The maximum Gasteiger partial charge on any atom is 0.416 e.